The molecule has 29 heavy (non-hydrogen) atoms. The summed E-state index contributed by atoms with van der Waals surface area (Å²) in [5.74, 6) is -4.23. The number of sulfone groups is 1. The molecule has 0 amide bonds. The second-order valence-electron chi connectivity index (χ2n) is 6.01. The number of alkyl halides is 3. The lowest BCUT2D eigenvalue weighted by molar-refractivity contribution is -0.144. The third-order valence-electron chi connectivity index (χ3n) is 3.77. The topological polar surface area (TPSA) is 62.8 Å². The van der Waals surface area contributed by atoms with Crippen molar-refractivity contribution in [1.29, 1.82) is 0 Å². The average Bonchev–Trinajstić information content (AvgIpc) is 2.97. The SMILES string of the molecule is CS(=O)(=O)c1c(F)cc(-c2nc(C(F)(F)F)[nH]c2-c2cc(Br)cc(Br)c2)cc1F. The fourth-order valence-electron chi connectivity index (χ4n) is 2.67. The number of hydrogen-bond acceptors (Lipinski definition) is 3. The summed E-state index contributed by atoms with van der Waals surface area (Å²) in [6, 6.07) is 5.88. The first-order chi connectivity index (χ1) is 13.3. The van der Waals surface area contributed by atoms with Gasteiger partial charge in [-0.25, -0.2) is 22.2 Å². The van der Waals surface area contributed by atoms with Gasteiger partial charge in [-0.3, -0.25) is 0 Å². The molecule has 0 saturated heterocycles. The van der Waals surface area contributed by atoms with E-state index in [4.69, 9.17) is 0 Å². The van der Waals surface area contributed by atoms with Crippen molar-refractivity contribution in [2.45, 2.75) is 11.1 Å². The minimum absolute atomic E-state index is 0.148. The molecule has 0 bridgehead atoms. The number of hydrogen-bond donors (Lipinski definition) is 1. The van der Waals surface area contributed by atoms with Crippen LogP contribution in [0.5, 0.6) is 0 Å². The molecule has 3 rings (SSSR count). The molecule has 0 aliphatic heterocycles. The summed E-state index contributed by atoms with van der Waals surface area (Å²) in [4.78, 5) is 4.43. The molecule has 0 spiro atoms. The highest BCUT2D eigenvalue weighted by atomic mass is 79.9. The van der Waals surface area contributed by atoms with Crippen molar-refractivity contribution in [3.05, 3.63) is 56.7 Å². The van der Waals surface area contributed by atoms with Crippen LogP contribution in [0.2, 0.25) is 0 Å². The van der Waals surface area contributed by atoms with Crippen molar-refractivity contribution in [2.24, 2.45) is 0 Å². The van der Waals surface area contributed by atoms with Gasteiger partial charge in [0.15, 0.2) is 9.84 Å². The van der Waals surface area contributed by atoms with Crippen LogP contribution < -0.4 is 0 Å². The van der Waals surface area contributed by atoms with Crippen LogP contribution in [0.25, 0.3) is 22.5 Å². The number of nitrogens with zero attached hydrogens (tertiary/aromatic N) is 1. The van der Waals surface area contributed by atoms with Gasteiger partial charge in [-0.2, -0.15) is 13.2 Å². The molecule has 3 aromatic rings. The molecule has 0 radical (unpaired) electrons. The van der Waals surface area contributed by atoms with Gasteiger partial charge in [-0.1, -0.05) is 31.9 Å². The number of H-pyrrole nitrogens is 1. The molecule has 0 aliphatic rings. The predicted molar refractivity (Wildman–Crippen MR) is 103 cm³/mol. The van der Waals surface area contributed by atoms with Crippen molar-refractivity contribution in [2.75, 3.05) is 6.26 Å². The van der Waals surface area contributed by atoms with Crippen molar-refractivity contribution in [1.82, 2.24) is 9.97 Å². The molecular weight excluding hydrogens is 551 g/mol. The molecular formula is C17H9Br2F5N2O2S. The van der Waals surface area contributed by atoms with E-state index in [1.165, 1.54) is 12.1 Å². The number of nitrogens with one attached hydrogen (secondary N) is 1. The van der Waals surface area contributed by atoms with E-state index in [-0.39, 0.29) is 22.5 Å². The van der Waals surface area contributed by atoms with E-state index in [1.54, 1.807) is 6.07 Å². The number of aromatic amines is 1. The number of imidazole rings is 1. The zero-order chi connectivity index (χ0) is 21.7. The number of benzene rings is 2. The number of aromatic nitrogens is 2. The van der Waals surface area contributed by atoms with Crippen LogP contribution in [0.3, 0.4) is 0 Å². The van der Waals surface area contributed by atoms with E-state index >= 15 is 0 Å². The third kappa shape index (κ3) is 4.53. The van der Waals surface area contributed by atoms with E-state index in [0.717, 1.165) is 0 Å². The molecule has 12 heteroatoms. The summed E-state index contributed by atoms with van der Waals surface area (Å²) < 4.78 is 92.4. The molecule has 2 aromatic carbocycles. The first-order valence-corrected chi connectivity index (χ1v) is 11.1. The van der Waals surface area contributed by atoms with Gasteiger partial charge in [0.2, 0.25) is 5.82 Å². The van der Waals surface area contributed by atoms with Crippen molar-refractivity contribution in [3.63, 3.8) is 0 Å². The van der Waals surface area contributed by atoms with E-state index in [2.05, 4.69) is 41.8 Å². The lowest BCUT2D eigenvalue weighted by Gasteiger charge is -2.08. The smallest absolute Gasteiger partial charge is 0.334 e. The molecule has 0 saturated carbocycles. The van der Waals surface area contributed by atoms with Gasteiger partial charge in [0, 0.05) is 26.3 Å². The molecule has 4 nitrogen and oxygen atoms in total. The van der Waals surface area contributed by atoms with Crippen molar-refractivity contribution in [3.8, 4) is 22.5 Å². The maximum atomic E-state index is 14.3. The highest BCUT2D eigenvalue weighted by Crippen LogP contribution is 2.38. The lowest BCUT2D eigenvalue weighted by atomic mass is 10.0. The van der Waals surface area contributed by atoms with Crippen LogP contribution in [0.15, 0.2) is 44.2 Å². The Morgan fingerprint density at radius 1 is 0.931 bits per heavy atom. The lowest BCUT2D eigenvalue weighted by Crippen LogP contribution is -2.07. The monoisotopic (exact) mass is 558 g/mol. The molecule has 1 N–H and O–H groups in total. The molecule has 0 fully saturated rings. The Morgan fingerprint density at radius 2 is 1.45 bits per heavy atom. The predicted octanol–water partition coefficient (Wildman–Crippen LogP) is 5.97. The number of halogens is 7. The van der Waals surface area contributed by atoms with E-state index < -0.39 is 38.4 Å². The average molecular weight is 560 g/mol. The number of rotatable bonds is 3. The molecule has 0 aliphatic carbocycles. The Bertz CT molecular complexity index is 1180. The van der Waals surface area contributed by atoms with Gasteiger partial charge in [0.05, 0.1) is 11.4 Å². The van der Waals surface area contributed by atoms with Crippen molar-refractivity contribution < 1.29 is 30.4 Å². The molecule has 154 valence electrons. The summed E-state index contributed by atoms with van der Waals surface area (Å²) in [5.41, 5.74) is -0.645. The summed E-state index contributed by atoms with van der Waals surface area (Å²) in [6.45, 7) is 0. The summed E-state index contributed by atoms with van der Waals surface area (Å²) in [6.07, 6.45) is -4.23. The third-order valence-corrected chi connectivity index (χ3v) is 5.81. The second-order valence-corrected chi connectivity index (χ2v) is 9.79. The van der Waals surface area contributed by atoms with Gasteiger partial charge in [-0.15, -0.1) is 0 Å². The van der Waals surface area contributed by atoms with Crippen LogP contribution in [0.4, 0.5) is 22.0 Å². The normalized spacial score (nSPS) is 12.4. The minimum atomic E-state index is -4.85. The molecule has 0 atom stereocenters. The van der Waals surface area contributed by atoms with Gasteiger partial charge in [0.1, 0.15) is 16.5 Å². The van der Waals surface area contributed by atoms with Crippen LogP contribution >= 0.6 is 31.9 Å². The first kappa shape index (κ1) is 21.9. The van der Waals surface area contributed by atoms with E-state index in [0.29, 0.717) is 27.3 Å². The van der Waals surface area contributed by atoms with Gasteiger partial charge in [0.25, 0.3) is 0 Å². The molecule has 0 unspecified atom stereocenters. The first-order valence-electron chi connectivity index (χ1n) is 7.60. The largest absolute Gasteiger partial charge is 0.449 e. The maximum Gasteiger partial charge on any atom is 0.449 e. The Morgan fingerprint density at radius 3 is 1.90 bits per heavy atom. The minimum Gasteiger partial charge on any atom is -0.334 e. The summed E-state index contributed by atoms with van der Waals surface area (Å²) in [7, 11) is -4.23. The van der Waals surface area contributed by atoms with E-state index in [9.17, 15) is 30.4 Å². The Balaban J connectivity index is 2.31. The molecule has 1 heterocycles. The highest BCUT2D eigenvalue weighted by Gasteiger charge is 2.36. The second kappa shape index (κ2) is 7.47. The standard InChI is InChI=1S/C17H9Br2F5N2O2S/c1-29(27,28)15-11(20)4-8(5-12(15)21)14-13(25-16(26-14)17(22,23)24)7-2-9(18)6-10(19)3-7/h2-6H,1H3,(H,25,26). The van der Waals surface area contributed by atoms with Gasteiger partial charge in [-0.05, 0) is 30.3 Å². The molecule has 1 aromatic heterocycles. The van der Waals surface area contributed by atoms with E-state index in [1.807, 2.05) is 0 Å². The maximum absolute atomic E-state index is 14.3. The van der Waals surface area contributed by atoms with Crippen LogP contribution in [0.1, 0.15) is 5.82 Å². The van der Waals surface area contributed by atoms with Crippen molar-refractivity contribution >= 4 is 41.7 Å². The fraction of sp³-hybridized carbons (Fsp3) is 0.118. The van der Waals surface area contributed by atoms with Gasteiger partial charge >= 0.3 is 6.18 Å². The van der Waals surface area contributed by atoms with Gasteiger partial charge < -0.3 is 4.98 Å². The highest BCUT2D eigenvalue weighted by molar-refractivity contribution is 9.11. The zero-order valence-electron chi connectivity index (χ0n) is 14.2. The Kier molecular flexibility index (Phi) is 5.65. The van der Waals surface area contributed by atoms with Crippen LogP contribution in [0, 0.1) is 11.6 Å². The van der Waals surface area contributed by atoms with Crippen LogP contribution in [-0.4, -0.2) is 24.6 Å². The van der Waals surface area contributed by atoms with Crippen LogP contribution in [-0.2, 0) is 16.0 Å². The fourth-order valence-corrected chi connectivity index (χ4v) is 4.79. The summed E-state index contributed by atoms with van der Waals surface area (Å²) in [5, 5.41) is 0. The Hall–Kier alpha value is -1.79. The zero-order valence-corrected chi connectivity index (χ0v) is 18.2. The summed E-state index contributed by atoms with van der Waals surface area (Å²) >= 11 is 6.44. The quantitative estimate of drug-likeness (QED) is 0.402. The Labute approximate surface area is 178 Å².